The number of nitrogens with two attached hydrogens (primary N) is 1. The van der Waals surface area contributed by atoms with Crippen molar-refractivity contribution in [2.45, 2.75) is 37.6 Å². The summed E-state index contributed by atoms with van der Waals surface area (Å²) in [4.78, 5) is 30.8. The average molecular weight is 355 g/mol. The number of hydrogen-bond acceptors (Lipinski definition) is 4. The molecule has 1 saturated carbocycles. The Labute approximate surface area is 150 Å². The van der Waals surface area contributed by atoms with Crippen LogP contribution in [0.5, 0.6) is 0 Å². The average Bonchev–Trinajstić information content (AvgIpc) is 3.18. The predicted octanol–water partition coefficient (Wildman–Crippen LogP) is 3.07. The van der Waals surface area contributed by atoms with Gasteiger partial charge in [-0.1, -0.05) is 30.3 Å². The van der Waals surface area contributed by atoms with Crippen LogP contribution in [0.3, 0.4) is 0 Å². The molecule has 6 heteroatoms. The Balaban J connectivity index is 1.50. The second-order valence-electron chi connectivity index (χ2n) is 7.11. The van der Waals surface area contributed by atoms with E-state index in [0.29, 0.717) is 24.6 Å². The summed E-state index contributed by atoms with van der Waals surface area (Å²) in [6.45, 7) is 0.689. The maximum atomic E-state index is 13.0. The molecule has 1 aliphatic heterocycles. The van der Waals surface area contributed by atoms with Gasteiger partial charge in [0.1, 0.15) is 10.7 Å². The summed E-state index contributed by atoms with van der Waals surface area (Å²) in [6, 6.07) is 9.92. The van der Waals surface area contributed by atoms with Gasteiger partial charge in [0.2, 0.25) is 5.91 Å². The summed E-state index contributed by atoms with van der Waals surface area (Å²) in [7, 11) is 0. The van der Waals surface area contributed by atoms with Crippen LogP contribution in [0.1, 0.15) is 42.6 Å². The molecule has 2 aromatic rings. The van der Waals surface area contributed by atoms with E-state index in [-0.39, 0.29) is 17.4 Å². The van der Waals surface area contributed by atoms with Crippen molar-refractivity contribution in [1.82, 2.24) is 9.88 Å². The number of carbonyl (C=O) groups excluding carboxylic acids is 2. The fourth-order valence-electron chi connectivity index (χ4n) is 3.92. The third-order valence-corrected chi connectivity index (χ3v) is 6.20. The molecule has 1 aromatic carbocycles. The van der Waals surface area contributed by atoms with Crippen LogP contribution >= 0.6 is 11.3 Å². The third-order valence-electron chi connectivity index (χ3n) is 5.31. The highest BCUT2D eigenvalue weighted by Gasteiger charge is 2.53. The molecule has 1 unspecified atom stereocenters. The van der Waals surface area contributed by atoms with Crippen molar-refractivity contribution in [3.8, 4) is 10.6 Å². The zero-order chi connectivity index (χ0) is 17.4. The predicted molar refractivity (Wildman–Crippen MR) is 97.1 cm³/mol. The van der Waals surface area contributed by atoms with Crippen molar-refractivity contribution < 1.29 is 9.59 Å². The smallest absolute Gasteiger partial charge is 0.273 e. The minimum atomic E-state index is -0.243. The number of carbonyl (C=O) groups is 2. The standard InChI is InChI=1S/C19H21N3O2S/c20-16(23)10-13-6-9-22(19(11-13)7-8-19)18(24)15-12-25-17(21-15)14-4-2-1-3-5-14/h1-5,12-13H,6-11H2,(H2,20,23). The lowest BCUT2D eigenvalue weighted by Crippen LogP contribution is -2.48. The zero-order valence-electron chi connectivity index (χ0n) is 14.0. The molecule has 0 radical (unpaired) electrons. The van der Waals surface area contributed by atoms with Crippen LogP contribution in [0.2, 0.25) is 0 Å². The Morgan fingerprint density at radius 1 is 1.28 bits per heavy atom. The SMILES string of the molecule is NC(=O)CC1CCN(C(=O)c2csc(-c3ccccc3)n2)C2(CC2)C1. The number of nitrogens with zero attached hydrogens (tertiary/aromatic N) is 2. The Morgan fingerprint density at radius 2 is 2.04 bits per heavy atom. The molecular formula is C19H21N3O2S. The molecule has 1 aromatic heterocycles. The number of rotatable bonds is 4. The molecular weight excluding hydrogens is 334 g/mol. The van der Waals surface area contributed by atoms with Crippen LogP contribution in [0, 0.1) is 5.92 Å². The molecule has 2 heterocycles. The lowest BCUT2D eigenvalue weighted by molar-refractivity contribution is -0.119. The number of aromatic nitrogens is 1. The van der Waals surface area contributed by atoms with E-state index >= 15 is 0 Å². The van der Waals surface area contributed by atoms with Crippen LogP contribution in [-0.4, -0.2) is 33.8 Å². The normalized spacial score (nSPS) is 21.3. The zero-order valence-corrected chi connectivity index (χ0v) is 14.8. The van der Waals surface area contributed by atoms with Crippen molar-refractivity contribution in [3.63, 3.8) is 0 Å². The molecule has 4 rings (SSSR count). The van der Waals surface area contributed by atoms with Crippen LogP contribution in [-0.2, 0) is 4.79 Å². The number of benzene rings is 1. The fraction of sp³-hybridized carbons (Fsp3) is 0.421. The van der Waals surface area contributed by atoms with Gasteiger partial charge in [0.05, 0.1) is 0 Å². The quantitative estimate of drug-likeness (QED) is 0.916. The highest BCUT2D eigenvalue weighted by Crippen LogP contribution is 2.51. The second kappa shape index (κ2) is 6.26. The molecule has 2 fully saturated rings. The summed E-state index contributed by atoms with van der Waals surface area (Å²) >= 11 is 1.50. The monoisotopic (exact) mass is 355 g/mol. The van der Waals surface area contributed by atoms with Gasteiger partial charge < -0.3 is 10.6 Å². The molecule has 2 amide bonds. The van der Waals surface area contributed by atoms with Gasteiger partial charge in [-0.05, 0) is 31.6 Å². The van der Waals surface area contributed by atoms with Gasteiger partial charge in [0, 0.05) is 29.4 Å². The largest absolute Gasteiger partial charge is 0.370 e. The minimum absolute atomic E-state index is 0.0217. The van der Waals surface area contributed by atoms with Gasteiger partial charge in [-0.25, -0.2) is 4.98 Å². The Bertz CT molecular complexity index is 798. The van der Waals surface area contributed by atoms with Gasteiger partial charge in [0.25, 0.3) is 5.91 Å². The van der Waals surface area contributed by atoms with E-state index in [1.807, 2.05) is 40.6 Å². The summed E-state index contributed by atoms with van der Waals surface area (Å²) in [5.41, 5.74) is 6.85. The summed E-state index contributed by atoms with van der Waals surface area (Å²) in [6.07, 6.45) is 4.19. The van der Waals surface area contributed by atoms with E-state index in [0.717, 1.165) is 36.3 Å². The topological polar surface area (TPSA) is 76.3 Å². The van der Waals surface area contributed by atoms with Gasteiger partial charge in [-0.2, -0.15) is 0 Å². The fourth-order valence-corrected chi connectivity index (χ4v) is 4.72. The summed E-state index contributed by atoms with van der Waals surface area (Å²) in [5, 5.41) is 2.73. The lowest BCUT2D eigenvalue weighted by Gasteiger charge is -2.39. The maximum Gasteiger partial charge on any atom is 0.273 e. The first kappa shape index (κ1) is 16.3. The number of hydrogen-bond donors (Lipinski definition) is 1. The first-order chi connectivity index (χ1) is 12.1. The lowest BCUT2D eigenvalue weighted by atomic mass is 9.86. The first-order valence-corrected chi connectivity index (χ1v) is 9.57. The Hall–Kier alpha value is -2.21. The van der Waals surface area contributed by atoms with Crippen LogP contribution in [0.4, 0.5) is 0 Å². The van der Waals surface area contributed by atoms with Gasteiger partial charge >= 0.3 is 0 Å². The highest BCUT2D eigenvalue weighted by molar-refractivity contribution is 7.13. The molecule has 130 valence electrons. The molecule has 1 aliphatic carbocycles. The minimum Gasteiger partial charge on any atom is -0.370 e. The number of likely N-dealkylation sites (tertiary alicyclic amines) is 1. The van der Waals surface area contributed by atoms with Gasteiger partial charge in [0.15, 0.2) is 0 Å². The molecule has 25 heavy (non-hydrogen) atoms. The third kappa shape index (κ3) is 3.18. The highest BCUT2D eigenvalue weighted by atomic mass is 32.1. The molecule has 2 aliphatic rings. The number of thiazole rings is 1. The van der Waals surface area contributed by atoms with E-state index < -0.39 is 0 Å². The first-order valence-electron chi connectivity index (χ1n) is 8.69. The van der Waals surface area contributed by atoms with Crippen LogP contribution in [0.25, 0.3) is 10.6 Å². The van der Waals surface area contributed by atoms with Gasteiger partial charge in [-0.15, -0.1) is 11.3 Å². The maximum absolute atomic E-state index is 13.0. The molecule has 2 N–H and O–H groups in total. The molecule has 1 saturated heterocycles. The number of primary amides is 1. The number of amides is 2. The van der Waals surface area contributed by atoms with Crippen LogP contribution < -0.4 is 5.73 Å². The van der Waals surface area contributed by atoms with Crippen molar-refractivity contribution in [2.75, 3.05) is 6.54 Å². The van der Waals surface area contributed by atoms with Crippen molar-refractivity contribution in [3.05, 3.63) is 41.4 Å². The van der Waals surface area contributed by atoms with Gasteiger partial charge in [-0.3, -0.25) is 9.59 Å². The number of piperidine rings is 1. The molecule has 5 nitrogen and oxygen atoms in total. The van der Waals surface area contributed by atoms with E-state index in [1.54, 1.807) is 0 Å². The van der Waals surface area contributed by atoms with E-state index in [4.69, 9.17) is 5.73 Å². The van der Waals surface area contributed by atoms with Crippen LogP contribution in [0.15, 0.2) is 35.7 Å². The van der Waals surface area contributed by atoms with Crippen molar-refractivity contribution >= 4 is 23.2 Å². The second-order valence-corrected chi connectivity index (χ2v) is 7.97. The Morgan fingerprint density at radius 3 is 2.72 bits per heavy atom. The van der Waals surface area contributed by atoms with E-state index in [9.17, 15) is 9.59 Å². The summed E-state index contributed by atoms with van der Waals surface area (Å²) < 4.78 is 0. The molecule has 1 spiro atoms. The molecule has 0 bridgehead atoms. The van der Waals surface area contributed by atoms with E-state index in [2.05, 4.69) is 4.98 Å². The molecule has 1 atom stereocenters. The van der Waals surface area contributed by atoms with Crippen molar-refractivity contribution in [1.29, 1.82) is 0 Å². The van der Waals surface area contributed by atoms with E-state index in [1.165, 1.54) is 11.3 Å². The Kier molecular flexibility index (Phi) is 4.07. The van der Waals surface area contributed by atoms with Crippen molar-refractivity contribution in [2.24, 2.45) is 11.7 Å². The summed E-state index contributed by atoms with van der Waals surface area (Å²) in [5.74, 6) is 0.0837.